The van der Waals surface area contributed by atoms with Crippen molar-refractivity contribution >= 4 is 16.8 Å². The first-order valence-corrected chi connectivity index (χ1v) is 8.92. The summed E-state index contributed by atoms with van der Waals surface area (Å²) in [7, 11) is 0. The van der Waals surface area contributed by atoms with Crippen LogP contribution in [0.15, 0.2) is 36.5 Å². The van der Waals surface area contributed by atoms with E-state index in [4.69, 9.17) is 0 Å². The van der Waals surface area contributed by atoms with E-state index in [2.05, 4.69) is 32.9 Å². The molecule has 7 nitrogen and oxygen atoms in total. The van der Waals surface area contributed by atoms with Crippen LogP contribution in [0, 0.1) is 12.8 Å². The van der Waals surface area contributed by atoms with Crippen LogP contribution < -0.4 is 10.6 Å². The van der Waals surface area contributed by atoms with Gasteiger partial charge in [-0.2, -0.15) is 0 Å². The first kappa shape index (κ1) is 16.7. The highest BCUT2D eigenvalue weighted by atomic mass is 16.2. The molecule has 3 heterocycles. The summed E-state index contributed by atoms with van der Waals surface area (Å²) in [6.45, 7) is 5.82. The number of hydrogen-bond donors (Lipinski definition) is 2. The molecule has 134 valence electrons. The first-order chi connectivity index (χ1) is 12.6. The maximum absolute atomic E-state index is 12.7. The lowest BCUT2D eigenvalue weighted by atomic mass is 9.95. The van der Waals surface area contributed by atoms with E-state index in [1.54, 1.807) is 10.9 Å². The van der Waals surface area contributed by atoms with E-state index in [-0.39, 0.29) is 11.9 Å². The number of aromatic nitrogens is 4. The van der Waals surface area contributed by atoms with Crippen molar-refractivity contribution in [3.8, 4) is 5.69 Å². The molecule has 2 N–H and O–H groups in total. The molecule has 1 amide bonds. The second kappa shape index (κ2) is 6.84. The van der Waals surface area contributed by atoms with Crippen LogP contribution in [-0.2, 0) is 0 Å². The number of rotatable bonds is 3. The number of nitrogens with one attached hydrogen (secondary N) is 2. The Bertz CT molecular complexity index is 950. The van der Waals surface area contributed by atoms with Crippen LogP contribution in [0.4, 0.5) is 0 Å². The molecule has 1 aromatic carbocycles. The number of carbonyl (C=O) groups is 1. The van der Waals surface area contributed by atoms with Crippen molar-refractivity contribution in [3.05, 3.63) is 47.9 Å². The number of piperidine rings is 1. The highest BCUT2D eigenvalue weighted by Crippen LogP contribution is 2.19. The summed E-state index contributed by atoms with van der Waals surface area (Å²) in [6.07, 6.45) is 2.83. The van der Waals surface area contributed by atoms with Crippen LogP contribution in [0.5, 0.6) is 0 Å². The largest absolute Gasteiger partial charge is 0.346 e. The Morgan fingerprint density at radius 1 is 1.35 bits per heavy atom. The predicted octanol–water partition coefficient (Wildman–Crippen LogP) is 1.85. The number of amides is 1. The second-order valence-electron chi connectivity index (χ2n) is 6.87. The van der Waals surface area contributed by atoms with E-state index in [0.29, 0.717) is 11.6 Å². The van der Waals surface area contributed by atoms with E-state index in [0.717, 1.165) is 41.8 Å². The van der Waals surface area contributed by atoms with Gasteiger partial charge in [0, 0.05) is 24.2 Å². The van der Waals surface area contributed by atoms with Gasteiger partial charge in [0.25, 0.3) is 5.91 Å². The molecular weight excluding hydrogens is 328 g/mol. The van der Waals surface area contributed by atoms with Gasteiger partial charge in [0.1, 0.15) is 0 Å². The summed E-state index contributed by atoms with van der Waals surface area (Å²) in [6, 6.07) is 9.90. The Kier molecular flexibility index (Phi) is 4.38. The van der Waals surface area contributed by atoms with Crippen molar-refractivity contribution in [1.29, 1.82) is 0 Å². The zero-order valence-corrected chi connectivity index (χ0v) is 14.9. The molecule has 7 heteroatoms. The van der Waals surface area contributed by atoms with Gasteiger partial charge in [-0.05, 0) is 50.1 Å². The van der Waals surface area contributed by atoms with Crippen LogP contribution in [0.3, 0.4) is 0 Å². The Morgan fingerprint density at radius 2 is 2.23 bits per heavy atom. The standard InChI is InChI=1S/C19H22N6O/c1-12-7-9-20-11-17(12)22-19(26)18-13(2)25(24-23-18)15-5-6-16-14(10-15)4-3-8-21-16/h3-6,8,10,12,17,20H,7,9,11H2,1-2H3,(H,22,26). The lowest BCUT2D eigenvalue weighted by molar-refractivity contribution is 0.0909. The summed E-state index contributed by atoms with van der Waals surface area (Å²) in [5.74, 6) is 0.278. The highest BCUT2D eigenvalue weighted by molar-refractivity contribution is 5.93. The number of carbonyl (C=O) groups excluding carboxylic acids is 1. The van der Waals surface area contributed by atoms with E-state index < -0.39 is 0 Å². The molecule has 2 unspecified atom stereocenters. The molecule has 0 saturated carbocycles. The Labute approximate surface area is 151 Å². The Hall–Kier alpha value is -2.80. The third kappa shape index (κ3) is 3.06. The molecule has 1 aliphatic heterocycles. The fraction of sp³-hybridized carbons (Fsp3) is 0.368. The molecule has 0 bridgehead atoms. The van der Waals surface area contributed by atoms with Crippen LogP contribution in [-0.4, -0.2) is 45.0 Å². The molecule has 1 saturated heterocycles. The number of nitrogens with zero attached hydrogens (tertiary/aromatic N) is 4. The monoisotopic (exact) mass is 350 g/mol. The van der Waals surface area contributed by atoms with Gasteiger partial charge >= 0.3 is 0 Å². The normalized spacial score (nSPS) is 20.2. The quantitative estimate of drug-likeness (QED) is 0.753. The topological polar surface area (TPSA) is 84.7 Å². The van der Waals surface area contributed by atoms with Crippen molar-refractivity contribution in [2.45, 2.75) is 26.3 Å². The molecule has 3 aromatic rings. The molecule has 4 rings (SSSR count). The maximum Gasteiger partial charge on any atom is 0.274 e. The van der Waals surface area contributed by atoms with Crippen molar-refractivity contribution < 1.29 is 4.79 Å². The minimum Gasteiger partial charge on any atom is -0.346 e. The van der Waals surface area contributed by atoms with Gasteiger partial charge in [0.05, 0.1) is 16.9 Å². The van der Waals surface area contributed by atoms with E-state index in [1.807, 2.05) is 37.3 Å². The van der Waals surface area contributed by atoms with Gasteiger partial charge in [-0.3, -0.25) is 9.78 Å². The van der Waals surface area contributed by atoms with Gasteiger partial charge in [-0.1, -0.05) is 18.2 Å². The third-order valence-corrected chi connectivity index (χ3v) is 5.08. The summed E-state index contributed by atoms with van der Waals surface area (Å²) in [5, 5.41) is 15.8. The Balaban J connectivity index is 1.59. The average molecular weight is 350 g/mol. The highest BCUT2D eigenvalue weighted by Gasteiger charge is 2.25. The predicted molar refractivity (Wildman–Crippen MR) is 99.3 cm³/mol. The SMILES string of the molecule is Cc1c(C(=O)NC2CNCCC2C)nnn1-c1ccc2ncccc2c1. The van der Waals surface area contributed by atoms with Gasteiger partial charge in [0.15, 0.2) is 5.69 Å². The molecule has 1 fully saturated rings. The fourth-order valence-corrected chi connectivity index (χ4v) is 3.40. The van der Waals surface area contributed by atoms with Crippen LogP contribution in [0.25, 0.3) is 16.6 Å². The van der Waals surface area contributed by atoms with Crippen LogP contribution in [0.2, 0.25) is 0 Å². The minimum absolute atomic E-state index is 0.118. The number of pyridine rings is 1. The third-order valence-electron chi connectivity index (χ3n) is 5.08. The minimum atomic E-state index is -0.170. The molecule has 0 radical (unpaired) electrons. The van der Waals surface area contributed by atoms with E-state index >= 15 is 0 Å². The second-order valence-corrected chi connectivity index (χ2v) is 6.87. The lowest BCUT2D eigenvalue weighted by Crippen LogP contribution is -2.50. The summed E-state index contributed by atoms with van der Waals surface area (Å²) >= 11 is 0. The molecule has 2 aromatic heterocycles. The summed E-state index contributed by atoms with van der Waals surface area (Å²) in [4.78, 5) is 17.0. The van der Waals surface area contributed by atoms with Crippen molar-refractivity contribution in [2.75, 3.05) is 13.1 Å². The van der Waals surface area contributed by atoms with Gasteiger partial charge in [0.2, 0.25) is 0 Å². The van der Waals surface area contributed by atoms with Crippen LogP contribution in [0.1, 0.15) is 29.5 Å². The maximum atomic E-state index is 12.7. The fourth-order valence-electron chi connectivity index (χ4n) is 3.40. The van der Waals surface area contributed by atoms with Gasteiger partial charge in [-0.25, -0.2) is 4.68 Å². The number of benzene rings is 1. The van der Waals surface area contributed by atoms with Gasteiger partial charge < -0.3 is 10.6 Å². The molecule has 1 aliphatic rings. The van der Waals surface area contributed by atoms with E-state index in [9.17, 15) is 4.79 Å². The first-order valence-electron chi connectivity index (χ1n) is 8.92. The Morgan fingerprint density at radius 3 is 3.08 bits per heavy atom. The summed E-state index contributed by atoms with van der Waals surface area (Å²) in [5.41, 5.74) is 2.88. The summed E-state index contributed by atoms with van der Waals surface area (Å²) < 4.78 is 1.70. The van der Waals surface area contributed by atoms with Crippen molar-refractivity contribution in [1.82, 2.24) is 30.6 Å². The molecule has 26 heavy (non-hydrogen) atoms. The zero-order chi connectivity index (χ0) is 18.1. The smallest absolute Gasteiger partial charge is 0.274 e. The van der Waals surface area contributed by atoms with Crippen molar-refractivity contribution in [2.24, 2.45) is 5.92 Å². The molecular formula is C19H22N6O. The molecule has 0 aliphatic carbocycles. The lowest BCUT2D eigenvalue weighted by Gasteiger charge is -2.29. The number of fused-ring (bicyclic) bond motifs is 1. The van der Waals surface area contributed by atoms with Crippen LogP contribution >= 0.6 is 0 Å². The molecule has 2 atom stereocenters. The van der Waals surface area contributed by atoms with Gasteiger partial charge in [-0.15, -0.1) is 5.10 Å². The van der Waals surface area contributed by atoms with E-state index in [1.165, 1.54) is 0 Å². The zero-order valence-electron chi connectivity index (χ0n) is 14.9. The number of hydrogen-bond acceptors (Lipinski definition) is 5. The molecule has 0 spiro atoms. The van der Waals surface area contributed by atoms with Crippen molar-refractivity contribution in [3.63, 3.8) is 0 Å². The average Bonchev–Trinajstić information content (AvgIpc) is 3.05.